The lowest BCUT2D eigenvalue weighted by molar-refractivity contribution is -0.121. The lowest BCUT2D eigenvalue weighted by atomic mass is 10.2. The minimum Gasteiger partial charge on any atom is -0.411 e. The first-order valence-electron chi connectivity index (χ1n) is 7.09. The molecule has 0 bridgehead atoms. The zero-order valence-electron chi connectivity index (χ0n) is 12.3. The summed E-state index contributed by atoms with van der Waals surface area (Å²) >= 11 is 5.89. The molecule has 6 nitrogen and oxygen atoms in total. The van der Waals surface area contributed by atoms with Gasteiger partial charge in [0.25, 0.3) is 0 Å². The van der Waals surface area contributed by atoms with Crippen LogP contribution in [-0.4, -0.2) is 41.7 Å². The van der Waals surface area contributed by atoms with E-state index >= 15 is 0 Å². The SMILES string of the molecule is CC(=N)/C(CNC(=O)[C@@H]1CCCN1c1ccc(Cl)cc1)=N\O. The summed E-state index contributed by atoms with van der Waals surface area (Å²) < 4.78 is 0. The van der Waals surface area contributed by atoms with E-state index in [0.29, 0.717) is 5.02 Å². The van der Waals surface area contributed by atoms with E-state index in [1.807, 2.05) is 17.0 Å². The van der Waals surface area contributed by atoms with E-state index in [1.54, 1.807) is 12.1 Å². The van der Waals surface area contributed by atoms with Gasteiger partial charge in [0, 0.05) is 17.3 Å². The molecule has 118 valence electrons. The first kappa shape index (κ1) is 16.3. The minimum atomic E-state index is -0.257. The molecule has 1 aliphatic rings. The highest BCUT2D eigenvalue weighted by Gasteiger charge is 2.30. The lowest BCUT2D eigenvalue weighted by Crippen LogP contribution is -2.45. The van der Waals surface area contributed by atoms with Crippen LogP contribution in [0.5, 0.6) is 0 Å². The number of anilines is 1. The summed E-state index contributed by atoms with van der Waals surface area (Å²) in [5, 5.41) is 22.7. The summed E-state index contributed by atoms with van der Waals surface area (Å²) in [5.74, 6) is -0.130. The molecule has 0 aromatic heterocycles. The molecule has 0 unspecified atom stereocenters. The van der Waals surface area contributed by atoms with Gasteiger partial charge in [-0.25, -0.2) is 0 Å². The Balaban J connectivity index is 2.02. The fourth-order valence-electron chi connectivity index (χ4n) is 2.51. The topological polar surface area (TPSA) is 88.8 Å². The Kier molecular flexibility index (Phi) is 5.38. The largest absolute Gasteiger partial charge is 0.411 e. The molecular weight excluding hydrogens is 304 g/mol. The average molecular weight is 323 g/mol. The zero-order chi connectivity index (χ0) is 16.1. The standard InChI is InChI=1S/C15H19ClN4O2/c1-10(17)13(19-22)9-18-15(21)14-3-2-8-20(14)12-6-4-11(16)5-7-12/h4-7,14,17,22H,2-3,8-9H2,1H3,(H,18,21)/b17-10?,19-13-/t14-/m0/s1. The quantitative estimate of drug-likeness (QED) is 0.441. The van der Waals surface area contributed by atoms with Crippen LogP contribution in [0.25, 0.3) is 0 Å². The monoisotopic (exact) mass is 322 g/mol. The number of oxime groups is 1. The molecule has 0 aliphatic carbocycles. The predicted molar refractivity (Wildman–Crippen MR) is 87.5 cm³/mol. The molecular formula is C15H19ClN4O2. The predicted octanol–water partition coefficient (Wildman–Crippen LogP) is 2.29. The summed E-state index contributed by atoms with van der Waals surface area (Å²) in [6, 6.07) is 7.15. The Morgan fingerprint density at radius 1 is 1.50 bits per heavy atom. The molecule has 22 heavy (non-hydrogen) atoms. The summed E-state index contributed by atoms with van der Waals surface area (Å²) in [4.78, 5) is 14.4. The van der Waals surface area contributed by atoms with Crippen molar-refractivity contribution in [2.24, 2.45) is 5.16 Å². The third-order valence-electron chi connectivity index (χ3n) is 3.70. The number of rotatable bonds is 5. The normalized spacial score (nSPS) is 18.4. The molecule has 7 heteroatoms. The highest BCUT2D eigenvalue weighted by molar-refractivity contribution is 6.41. The fraction of sp³-hybridized carbons (Fsp3) is 0.400. The second kappa shape index (κ2) is 7.26. The number of halogens is 1. The van der Waals surface area contributed by atoms with Crippen LogP contribution >= 0.6 is 11.6 Å². The van der Waals surface area contributed by atoms with Gasteiger partial charge < -0.3 is 20.8 Å². The molecule has 1 aliphatic heterocycles. The van der Waals surface area contributed by atoms with Crippen molar-refractivity contribution in [2.45, 2.75) is 25.8 Å². The van der Waals surface area contributed by atoms with Crippen LogP contribution in [0, 0.1) is 5.41 Å². The molecule has 1 aromatic carbocycles. The van der Waals surface area contributed by atoms with Crippen LogP contribution in [0.15, 0.2) is 29.4 Å². The molecule has 1 fully saturated rings. The van der Waals surface area contributed by atoms with Crippen molar-refractivity contribution in [1.82, 2.24) is 5.32 Å². The zero-order valence-corrected chi connectivity index (χ0v) is 13.1. The highest BCUT2D eigenvalue weighted by atomic mass is 35.5. The summed E-state index contributed by atoms with van der Waals surface area (Å²) in [6.45, 7) is 2.37. The van der Waals surface area contributed by atoms with E-state index in [2.05, 4.69) is 10.5 Å². The van der Waals surface area contributed by atoms with Gasteiger partial charge >= 0.3 is 0 Å². The number of hydrogen-bond donors (Lipinski definition) is 3. The Hall–Kier alpha value is -2.08. The summed E-state index contributed by atoms with van der Waals surface area (Å²) in [6.07, 6.45) is 1.70. The maximum Gasteiger partial charge on any atom is 0.243 e. The average Bonchev–Trinajstić information content (AvgIpc) is 2.97. The minimum absolute atomic E-state index is 0.0512. The van der Waals surface area contributed by atoms with Crippen molar-refractivity contribution in [3.8, 4) is 0 Å². The van der Waals surface area contributed by atoms with Gasteiger partial charge in [0.05, 0.1) is 12.3 Å². The lowest BCUT2D eigenvalue weighted by Gasteiger charge is -2.26. The summed E-state index contributed by atoms with van der Waals surface area (Å²) in [5.41, 5.74) is 1.24. The van der Waals surface area contributed by atoms with Gasteiger partial charge in [-0.15, -0.1) is 0 Å². The number of nitrogens with one attached hydrogen (secondary N) is 2. The van der Waals surface area contributed by atoms with E-state index in [9.17, 15) is 4.79 Å². The maximum atomic E-state index is 12.4. The van der Waals surface area contributed by atoms with Gasteiger partial charge in [-0.1, -0.05) is 16.8 Å². The molecule has 0 saturated carbocycles. The molecule has 2 rings (SSSR count). The van der Waals surface area contributed by atoms with Crippen LogP contribution in [0.1, 0.15) is 19.8 Å². The van der Waals surface area contributed by atoms with Crippen LogP contribution < -0.4 is 10.2 Å². The first-order chi connectivity index (χ1) is 10.5. The van der Waals surface area contributed by atoms with Gasteiger partial charge in [0.15, 0.2) is 0 Å². The van der Waals surface area contributed by atoms with Crippen LogP contribution in [0.3, 0.4) is 0 Å². The van der Waals surface area contributed by atoms with E-state index in [-0.39, 0.29) is 29.9 Å². The second-order valence-corrected chi connectivity index (χ2v) is 5.65. The van der Waals surface area contributed by atoms with E-state index in [4.69, 9.17) is 22.2 Å². The molecule has 0 radical (unpaired) electrons. The maximum absolute atomic E-state index is 12.4. The molecule has 1 atom stereocenters. The van der Waals surface area contributed by atoms with Crippen LogP contribution in [0.4, 0.5) is 5.69 Å². The summed E-state index contributed by atoms with van der Waals surface area (Å²) in [7, 11) is 0. The van der Waals surface area contributed by atoms with Crippen LogP contribution in [0.2, 0.25) is 5.02 Å². The number of nitrogens with zero attached hydrogens (tertiary/aromatic N) is 2. The molecule has 3 N–H and O–H groups in total. The Morgan fingerprint density at radius 3 is 2.77 bits per heavy atom. The second-order valence-electron chi connectivity index (χ2n) is 5.22. The van der Waals surface area contributed by atoms with Crippen molar-refractivity contribution < 1.29 is 10.0 Å². The first-order valence-corrected chi connectivity index (χ1v) is 7.47. The Morgan fingerprint density at radius 2 is 2.18 bits per heavy atom. The smallest absolute Gasteiger partial charge is 0.243 e. The van der Waals surface area contributed by atoms with Crippen molar-refractivity contribution in [2.75, 3.05) is 18.0 Å². The number of carbonyl (C=O) groups excluding carboxylic acids is 1. The third kappa shape index (κ3) is 3.76. The van der Waals surface area contributed by atoms with Gasteiger partial charge in [-0.05, 0) is 44.0 Å². The van der Waals surface area contributed by atoms with Gasteiger partial charge in [0.1, 0.15) is 11.8 Å². The van der Waals surface area contributed by atoms with Crippen LogP contribution in [-0.2, 0) is 4.79 Å². The van der Waals surface area contributed by atoms with Crippen molar-refractivity contribution in [1.29, 1.82) is 5.41 Å². The van der Waals surface area contributed by atoms with Crippen molar-refractivity contribution >= 4 is 34.6 Å². The molecule has 1 saturated heterocycles. The molecule has 1 heterocycles. The van der Waals surface area contributed by atoms with E-state index in [0.717, 1.165) is 25.1 Å². The number of amides is 1. The Labute approximate surface area is 134 Å². The fourth-order valence-corrected chi connectivity index (χ4v) is 2.64. The highest BCUT2D eigenvalue weighted by Crippen LogP contribution is 2.26. The van der Waals surface area contributed by atoms with Gasteiger partial charge in [-0.3, -0.25) is 4.79 Å². The number of benzene rings is 1. The Bertz CT molecular complexity index is 586. The molecule has 1 amide bonds. The van der Waals surface area contributed by atoms with E-state index < -0.39 is 0 Å². The molecule has 0 spiro atoms. The third-order valence-corrected chi connectivity index (χ3v) is 3.95. The van der Waals surface area contributed by atoms with Crippen molar-refractivity contribution in [3.05, 3.63) is 29.3 Å². The molecule has 1 aromatic rings. The number of carbonyl (C=O) groups is 1. The number of hydrogen-bond acceptors (Lipinski definition) is 5. The van der Waals surface area contributed by atoms with E-state index in [1.165, 1.54) is 6.92 Å². The van der Waals surface area contributed by atoms with Gasteiger partial charge in [-0.2, -0.15) is 0 Å². The van der Waals surface area contributed by atoms with Gasteiger partial charge in [0.2, 0.25) is 5.91 Å². The van der Waals surface area contributed by atoms with Crippen molar-refractivity contribution in [3.63, 3.8) is 0 Å².